The van der Waals surface area contributed by atoms with E-state index >= 15 is 0 Å². The lowest BCUT2D eigenvalue weighted by atomic mass is 10.1. The number of aromatic nitrogens is 2. The highest BCUT2D eigenvalue weighted by Crippen LogP contribution is 2.14. The number of nitrogens with zero attached hydrogens (tertiary/aromatic N) is 2. The van der Waals surface area contributed by atoms with Gasteiger partial charge in [-0.15, -0.1) is 11.3 Å². The largest absolute Gasteiger partial charge is 0.307 e. The molecule has 0 saturated carbocycles. The summed E-state index contributed by atoms with van der Waals surface area (Å²) in [7, 11) is 0. The molecule has 0 spiro atoms. The Morgan fingerprint density at radius 3 is 3.38 bits per heavy atom. The van der Waals surface area contributed by atoms with E-state index in [0.29, 0.717) is 6.42 Å². The van der Waals surface area contributed by atoms with Gasteiger partial charge in [0.1, 0.15) is 0 Å². The van der Waals surface area contributed by atoms with Crippen LogP contribution in [0.25, 0.3) is 4.96 Å². The molecule has 5 heteroatoms. The van der Waals surface area contributed by atoms with Crippen molar-refractivity contribution >= 4 is 22.1 Å². The number of fused-ring (bicyclic) bond motifs is 1. The summed E-state index contributed by atoms with van der Waals surface area (Å²) in [5.41, 5.74) is 0.880. The number of carbonyl (C=O) groups is 1. The number of rotatable bonds is 3. The Hall–Kier alpha value is -1.20. The second-order valence-electron chi connectivity index (χ2n) is 4.12. The van der Waals surface area contributed by atoms with Crippen molar-refractivity contribution < 1.29 is 4.79 Å². The van der Waals surface area contributed by atoms with Gasteiger partial charge in [-0.1, -0.05) is 0 Å². The first-order valence-electron chi connectivity index (χ1n) is 5.50. The van der Waals surface area contributed by atoms with Gasteiger partial charge in [0.2, 0.25) is 0 Å². The summed E-state index contributed by atoms with van der Waals surface area (Å²) >= 11 is 1.59. The molecule has 1 aliphatic rings. The lowest BCUT2D eigenvalue weighted by molar-refractivity contribution is -0.120. The van der Waals surface area contributed by atoms with Crippen LogP contribution in [0.15, 0.2) is 17.8 Å². The molecule has 0 radical (unpaired) electrons. The summed E-state index contributed by atoms with van der Waals surface area (Å²) in [4.78, 5) is 17.3. The quantitative estimate of drug-likeness (QED) is 0.871. The molecule has 2 aromatic rings. The van der Waals surface area contributed by atoms with Crippen LogP contribution in [-0.4, -0.2) is 27.8 Å². The number of carbonyl (C=O) groups excluding carboxylic acids is 1. The molecular formula is C11H13N3OS. The van der Waals surface area contributed by atoms with Crippen LogP contribution in [0.5, 0.6) is 0 Å². The smallest absolute Gasteiger partial charge is 0.193 e. The Kier molecular flexibility index (Phi) is 2.49. The number of thiazole rings is 1. The molecule has 2 aromatic heterocycles. The van der Waals surface area contributed by atoms with Crippen LogP contribution in [-0.2, 0) is 11.2 Å². The van der Waals surface area contributed by atoms with Crippen molar-refractivity contribution in [1.82, 2.24) is 14.7 Å². The van der Waals surface area contributed by atoms with E-state index in [-0.39, 0.29) is 11.8 Å². The molecule has 84 valence electrons. The van der Waals surface area contributed by atoms with Gasteiger partial charge in [-0.05, 0) is 19.4 Å². The van der Waals surface area contributed by atoms with Crippen LogP contribution in [0.3, 0.4) is 0 Å². The maximum absolute atomic E-state index is 11.9. The van der Waals surface area contributed by atoms with Gasteiger partial charge >= 0.3 is 0 Å². The summed E-state index contributed by atoms with van der Waals surface area (Å²) in [6.07, 6.45) is 6.44. The van der Waals surface area contributed by atoms with E-state index in [1.165, 1.54) is 0 Å². The van der Waals surface area contributed by atoms with Gasteiger partial charge in [0.05, 0.1) is 18.2 Å². The second kappa shape index (κ2) is 3.99. The molecule has 1 saturated heterocycles. The van der Waals surface area contributed by atoms with E-state index in [9.17, 15) is 4.79 Å². The average Bonchev–Trinajstić information content (AvgIpc) is 2.91. The fourth-order valence-corrected chi connectivity index (χ4v) is 2.84. The number of imidazole rings is 1. The third-order valence-electron chi connectivity index (χ3n) is 2.95. The standard InChI is InChI=1S/C11H13N3OS/c15-10(9-2-1-3-12-9)6-8-7-14-4-5-16-11(14)13-8/h4-5,7,9,12H,1-3,6H2. The Morgan fingerprint density at radius 1 is 1.69 bits per heavy atom. The van der Waals surface area contributed by atoms with Gasteiger partial charge in [-0.3, -0.25) is 9.20 Å². The van der Waals surface area contributed by atoms with E-state index in [4.69, 9.17) is 0 Å². The van der Waals surface area contributed by atoms with E-state index in [1.807, 2.05) is 22.2 Å². The van der Waals surface area contributed by atoms with Crippen molar-refractivity contribution in [3.63, 3.8) is 0 Å². The normalized spacial score (nSPS) is 20.6. The van der Waals surface area contributed by atoms with Crippen LogP contribution in [0.1, 0.15) is 18.5 Å². The highest BCUT2D eigenvalue weighted by Gasteiger charge is 2.22. The monoisotopic (exact) mass is 235 g/mol. The Labute approximate surface area is 97.3 Å². The van der Waals surface area contributed by atoms with Crippen molar-refractivity contribution in [2.45, 2.75) is 25.3 Å². The average molecular weight is 235 g/mol. The molecule has 1 atom stereocenters. The van der Waals surface area contributed by atoms with Crippen LogP contribution in [0.2, 0.25) is 0 Å². The lowest BCUT2D eigenvalue weighted by Gasteiger charge is -2.06. The molecule has 4 nitrogen and oxygen atoms in total. The number of hydrogen-bond acceptors (Lipinski definition) is 4. The first-order valence-corrected chi connectivity index (χ1v) is 6.38. The second-order valence-corrected chi connectivity index (χ2v) is 4.99. The number of hydrogen-bond donors (Lipinski definition) is 1. The SMILES string of the molecule is O=C(Cc1cn2ccsc2n1)C1CCCN1. The summed E-state index contributed by atoms with van der Waals surface area (Å²) < 4.78 is 1.97. The van der Waals surface area contributed by atoms with E-state index in [0.717, 1.165) is 30.0 Å². The molecule has 1 fully saturated rings. The van der Waals surface area contributed by atoms with Crippen molar-refractivity contribution in [3.05, 3.63) is 23.5 Å². The highest BCUT2D eigenvalue weighted by atomic mass is 32.1. The zero-order valence-electron chi connectivity index (χ0n) is 8.85. The summed E-state index contributed by atoms with van der Waals surface area (Å²) in [6, 6.07) is 0.0553. The number of ketones is 1. The predicted octanol–water partition coefficient (Wildman–Crippen LogP) is 1.26. The van der Waals surface area contributed by atoms with Crippen LogP contribution in [0, 0.1) is 0 Å². The number of nitrogens with one attached hydrogen (secondary N) is 1. The minimum atomic E-state index is 0.0553. The lowest BCUT2D eigenvalue weighted by Crippen LogP contribution is -2.31. The molecular weight excluding hydrogens is 222 g/mol. The molecule has 1 unspecified atom stereocenters. The Balaban J connectivity index is 1.74. The molecule has 0 aromatic carbocycles. The Morgan fingerprint density at radius 2 is 2.62 bits per heavy atom. The van der Waals surface area contributed by atoms with Gasteiger partial charge in [0, 0.05) is 17.8 Å². The third kappa shape index (κ3) is 1.76. The summed E-state index contributed by atoms with van der Waals surface area (Å²) in [5, 5.41) is 5.22. The van der Waals surface area contributed by atoms with E-state index in [1.54, 1.807) is 11.3 Å². The van der Waals surface area contributed by atoms with Crippen molar-refractivity contribution in [2.75, 3.05) is 6.54 Å². The zero-order chi connectivity index (χ0) is 11.0. The molecule has 1 N–H and O–H groups in total. The van der Waals surface area contributed by atoms with Gasteiger partial charge in [-0.25, -0.2) is 4.98 Å². The summed E-state index contributed by atoms with van der Waals surface area (Å²) in [5.74, 6) is 0.267. The van der Waals surface area contributed by atoms with Gasteiger partial charge in [0.15, 0.2) is 10.7 Å². The highest BCUT2D eigenvalue weighted by molar-refractivity contribution is 7.15. The van der Waals surface area contributed by atoms with Gasteiger partial charge in [0.25, 0.3) is 0 Å². The first kappa shape index (κ1) is 9.99. The van der Waals surface area contributed by atoms with Crippen LogP contribution >= 0.6 is 11.3 Å². The molecule has 0 amide bonds. The van der Waals surface area contributed by atoms with Gasteiger partial charge in [-0.2, -0.15) is 0 Å². The van der Waals surface area contributed by atoms with Crippen molar-refractivity contribution in [1.29, 1.82) is 0 Å². The molecule has 3 heterocycles. The van der Waals surface area contributed by atoms with Crippen LogP contribution in [0.4, 0.5) is 0 Å². The molecule has 3 rings (SSSR count). The predicted molar refractivity (Wildman–Crippen MR) is 62.8 cm³/mol. The fraction of sp³-hybridized carbons (Fsp3) is 0.455. The van der Waals surface area contributed by atoms with E-state index < -0.39 is 0 Å². The van der Waals surface area contributed by atoms with Crippen molar-refractivity contribution in [3.8, 4) is 0 Å². The maximum atomic E-state index is 11.9. The molecule has 0 aliphatic carbocycles. The summed E-state index contributed by atoms with van der Waals surface area (Å²) in [6.45, 7) is 0.967. The topological polar surface area (TPSA) is 46.4 Å². The molecule has 1 aliphatic heterocycles. The molecule has 16 heavy (non-hydrogen) atoms. The minimum Gasteiger partial charge on any atom is -0.307 e. The fourth-order valence-electron chi connectivity index (χ4n) is 2.12. The maximum Gasteiger partial charge on any atom is 0.193 e. The Bertz CT molecular complexity index is 482. The third-order valence-corrected chi connectivity index (χ3v) is 3.72. The van der Waals surface area contributed by atoms with E-state index in [2.05, 4.69) is 10.3 Å². The van der Waals surface area contributed by atoms with Crippen LogP contribution < -0.4 is 5.32 Å². The van der Waals surface area contributed by atoms with Gasteiger partial charge < -0.3 is 5.32 Å². The van der Waals surface area contributed by atoms with Crippen molar-refractivity contribution in [2.24, 2.45) is 0 Å². The molecule has 0 bridgehead atoms. The first-order chi connectivity index (χ1) is 7.83. The number of Topliss-reactive ketones (excluding diaryl/α,β-unsaturated/α-hetero) is 1. The minimum absolute atomic E-state index is 0.0553. The zero-order valence-corrected chi connectivity index (χ0v) is 9.67.